The lowest BCUT2D eigenvalue weighted by Crippen LogP contribution is -2.38. The predicted molar refractivity (Wildman–Crippen MR) is 153 cm³/mol. The van der Waals surface area contributed by atoms with Crippen molar-refractivity contribution in [2.75, 3.05) is 17.7 Å². The number of halogens is 3. The number of pyridine rings is 2. The van der Waals surface area contributed by atoms with Gasteiger partial charge in [-0.3, -0.25) is 9.99 Å². The fourth-order valence-electron chi connectivity index (χ4n) is 4.56. The van der Waals surface area contributed by atoms with Crippen LogP contribution in [0.3, 0.4) is 0 Å². The number of hydrazine groups is 2. The Morgan fingerprint density at radius 3 is 2.62 bits per heavy atom. The van der Waals surface area contributed by atoms with Crippen LogP contribution >= 0.6 is 23.2 Å². The second-order valence-electron chi connectivity index (χ2n) is 9.44. The molecule has 1 atom stereocenters. The Morgan fingerprint density at radius 2 is 1.93 bits per heavy atom. The first-order valence-corrected chi connectivity index (χ1v) is 13.2. The fraction of sp³-hybridized carbons (Fsp3) is 0.179. The second-order valence-corrected chi connectivity index (χ2v) is 10.3. The molecule has 1 aliphatic heterocycles. The van der Waals surface area contributed by atoms with Crippen molar-refractivity contribution in [1.82, 2.24) is 25.9 Å². The summed E-state index contributed by atoms with van der Waals surface area (Å²) in [6.07, 6.45) is 7.19. The summed E-state index contributed by atoms with van der Waals surface area (Å²) in [6, 6.07) is 14.1. The Balaban J connectivity index is 1.41. The predicted octanol–water partition coefficient (Wildman–Crippen LogP) is 6.18. The summed E-state index contributed by atoms with van der Waals surface area (Å²) in [4.78, 5) is 8.29. The molecule has 1 saturated carbocycles. The Morgan fingerprint density at radius 1 is 1.10 bits per heavy atom. The van der Waals surface area contributed by atoms with Gasteiger partial charge in [0.05, 0.1) is 45.7 Å². The molecular weight excluding hydrogens is 554 g/mol. The Kier molecular flexibility index (Phi) is 6.94. The zero-order valence-corrected chi connectivity index (χ0v) is 22.7. The lowest BCUT2D eigenvalue weighted by molar-refractivity contribution is 0.260. The SMILES string of the molecule is COc1ccc(Nc2c(C#N)cnc3c(Cl)cc(NC(C4=CN(C5CC5)NN4)c4ccc(F)nc4)cc23)cc1Cl. The lowest BCUT2D eigenvalue weighted by Gasteiger charge is -2.22. The Bertz CT molecular complexity index is 1670. The van der Waals surface area contributed by atoms with Crippen molar-refractivity contribution < 1.29 is 9.13 Å². The maximum atomic E-state index is 13.7. The van der Waals surface area contributed by atoms with Gasteiger partial charge in [0.1, 0.15) is 11.8 Å². The molecule has 3 heterocycles. The molecule has 12 heteroatoms. The molecule has 2 aromatic carbocycles. The summed E-state index contributed by atoms with van der Waals surface area (Å²) in [7, 11) is 1.54. The van der Waals surface area contributed by atoms with Crippen molar-refractivity contribution in [3.63, 3.8) is 0 Å². The molecule has 2 aliphatic rings. The van der Waals surface area contributed by atoms with Gasteiger partial charge in [-0.15, -0.1) is 5.53 Å². The number of fused-ring (bicyclic) bond motifs is 1. The van der Waals surface area contributed by atoms with E-state index < -0.39 is 12.0 Å². The van der Waals surface area contributed by atoms with Gasteiger partial charge in [-0.05, 0) is 54.8 Å². The molecule has 40 heavy (non-hydrogen) atoms. The molecule has 2 aromatic heterocycles. The second kappa shape index (κ2) is 10.7. The van der Waals surface area contributed by atoms with E-state index in [0.717, 1.165) is 24.1 Å². The van der Waals surface area contributed by atoms with E-state index >= 15 is 0 Å². The average Bonchev–Trinajstić information content (AvgIpc) is 3.69. The molecule has 1 fully saturated rings. The van der Waals surface area contributed by atoms with Gasteiger partial charge in [0.15, 0.2) is 0 Å². The molecule has 202 valence electrons. The summed E-state index contributed by atoms with van der Waals surface area (Å²) < 4.78 is 18.9. The molecule has 0 amide bonds. The quantitative estimate of drug-likeness (QED) is 0.183. The molecule has 6 rings (SSSR count). The zero-order valence-electron chi connectivity index (χ0n) is 21.2. The highest BCUT2D eigenvalue weighted by Crippen LogP contribution is 2.38. The van der Waals surface area contributed by atoms with Crippen LogP contribution < -0.4 is 26.3 Å². The van der Waals surface area contributed by atoms with E-state index in [4.69, 9.17) is 27.9 Å². The van der Waals surface area contributed by atoms with Crippen LogP contribution in [-0.2, 0) is 0 Å². The minimum Gasteiger partial charge on any atom is -0.495 e. The third-order valence-electron chi connectivity index (χ3n) is 6.72. The number of methoxy groups -OCH3 is 1. The van der Waals surface area contributed by atoms with Gasteiger partial charge >= 0.3 is 0 Å². The number of hydrogen-bond acceptors (Lipinski definition) is 9. The van der Waals surface area contributed by atoms with Crippen LogP contribution in [0.15, 0.2) is 66.8 Å². The number of nitriles is 1. The molecule has 0 radical (unpaired) electrons. The molecule has 1 unspecified atom stereocenters. The van der Waals surface area contributed by atoms with Gasteiger partial charge in [0, 0.05) is 41.4 Å². The minimum atomic E-state index is -0.563. The van der Waals surface area contributed by atoms with Gasteiger partial charge in [0.25, 0.3) is 0 Å². The van der Waals surface area contributed by atoms with Gasteiger partial charge in [-0.2, -0.15) is 9.65 Å². The molecule has 9 nitrogen and oxygen atoms in total. The Labute approximate surface area is 239 Å². The normalized spacial score (nSPS) is 15.3. The monoisotopic (exact) mass is 576 g/mol. The molecule has 0 bridgehead atoms. The number of benzene rings is 2. The van der Waals surface area contributed by atoms with Crippen molar-refractivity contribution in [1.29, 1.82) is 5.26 Å². The van der Waals surface area contributed by atoms with E-state index in [9.17, 15) is 9.65 Å². The van der Waals surface area contributed by atoms with Gasteiger partial charge in [-0.1, -0.05) is 29.3 Å². The number of aromatic nitrogens is 2. The first-order valence-electron chi connectivity index (χ1n) is 12.5. The van der Waals surface area contributed by atoms with Crippen LogP contribution in [0.25, 0.3) is 10.9 Å². The molecular formula is C28H23Cl2FN8O. The average molecular weight is 577 g/mol. The summed E-state index contributed by atoms with van der Waals surface area (Å²) in [5.74, 6) is -0.0282. The molecule has 0 spiro atoms. The Hall–Kier alpha value is -4.30. The summed E-state index contributed by atoms with van der Waals surface area (Å²) in [6.45, 7) is 0. The number of ether oxygens (including phenoxy) is 1. The maximum Gasteiger partial charge on any atom is 0.212 e. The first kappa shape index (κ1) is 26.0. The zero-order chi connectivity index (χ0) is 27.8. The number of anilines is 3. The van der Waals surface area contributed by atoms with Crippen molar-refractivity contribution in [3.8, 4) is 11.8 Å². The van der Waals surface area contributed by atoms with Crippen LogP contribution in [0, 0.1) is 17.3 Å². The van der Waals surface area contributed by atoms with E-state index in [-0.39, 0.29) is 0 Å². The van der Waals surface area contributed by atoms with E-state index in [1.54, 1.807) is 37.4 Å². The van der Waals surface area contributed by atoms with Gasteiger partial charge in [0.2, 0.25) is 5.95 Å². The smallest absolute Gasteiger partial charge is 0.212 e. The van der Waals surface area contributed by atoms with Crippen LogP contribution in [0.2, 0.25) is 10.0 Å². The van der Waals surface area contributed by atoms with Crippen LogP contribution in [-0.4, -0.2) is 28.1 Å². The summed E-state index contributed by atoms with van der Waals surface area (Å²) >= 11 is 13.1. The standard InChI is InChI=1S/C28H23Cl2FN8O/c1-40-24-6-3-17(9-21(24)29)35-26-16(11-32)13-34-28-20(26)8-18(10-22(28)30)36-27(15-2-7-25(31)33-12-15)23-14-39(38-37-23)19-4-5-19/h2-3,6-10,12-14,19,27,36-38H,4-5H2,1H3,(H,34,35). The van der Waals surface area contributed by atoms with E-state index in [2.05, 4.69) is 37.6 Å². The third kappa shape index (κ3) is 5.14. The van der Waals surface area contributed by atoms with Crippen molar-refractivity contribution in [2.24, 2.45) is 0 Å². The van der Waals surface area contributed by atoms with E-state index in [0.29, 0.717) is 55.4 Å². The molecule has 0 saturated heterocycles. The van der Waals surface area contributed by atoms with Crippen LogP contribution in [0.5, 0.6) is 5.75 Å². The number of rotatable bonds is 8. The highest BCUT2D eigenvalue weighted by molar-refractivity contribution is 6.36. The molecule has 4 aromatic rings. The number of hydrogen-bond donors (Lipinski definition) is 4. The third-order valence-corrected chi connectivity index (χ3v) is 7.30. The maximum absolute atomic E-state index is 13.7. The minimum absolute atomic E-state index is 0.330. The highest BCUT2D eigenvalue weighted by atomic mass is 35.5. The summed E-state index contributed by atoms with van der Waals surface area (Å²) in [5.41, 5.74) is 10.7. The van der Waals surface area contributed by atoms with Gasteiger partial charge < -0.3 is 20.8 Å². The topological polar surface area (TPSA) is 110 Å². The van der Waals surface area contributed by atoms with Crippen molar-refractivity contribution >= 4 is 51.2 Å². The van der Waals surface area contributed by atoms with Crippen molar-refractivity contribution in [2.45, 2.75) is 24.9 Å². The number of nitrogens with one attached hydrogen (secondary N) is 4. The van der Waals surface area contributed by atoms with E-state index in [1.807, 2.05) is 17.3 Å². The van der Waals surface area contributed by atoms with E-state index in [1.165, 1.54) is 18.5 Å². The highest BCUT2D eigenvalue weighted by Gasteiger charge is 2.32. The van der Waals surface area contributed by atoms with Crippen LogP contribution in [0.1, 0.15) is 30.0 Å². The fourth-order valence-corrected chi connectivity index (χ4v) is 5.08. The lowest BCUT2D eigenvalue weighted by atomic mass is 10.0. The van der Waals surface area contributed by atoms with Gasteiger partial charge in [-0.25, -0.2) is 4.98 Å². The largest absolute Gasteiger partial charge is 0.495 e. The van der Waals surface area contributed by atoms with Crippen LogP contribution in [0.4, 0.5) is 21.5 Å². The number of nitrogens with zero attached hydrogens (tertiary/aromatic N) is 4. The first-order chi connectivity index (χ1) is 19.4. The molecule has 4 N–H and O–H groups in total. The molecule has 1 aliphatic carbocycles. The summed E-state index contributed by atoms with van der Waals surface area (Å²) in [5, 5.41) is 20.2. The van der Waals surface area contributed by atoms with Crippen molar-refractivity contribution in [3.05, 3.63) is 93.9 Å².